The predicted octanol–water partition coefficient (Wildman–Crippen LogP) is 3.67. The summed E-state index contributed by atoms with van der Waals surface area (Å²) in [5.41, 5.74) is 8.82. The van der Waals surface area contributed by atoms with Crippen LogP contribution in [0.2, 0.25) is 5.02 Å². The minimum Gasteiger partial charge on any atom is -0.330 e. The molecule has 2 atom stereocenters. The van der Waals surface area contributed by atoms with Gasteiger partial charge in [0.05, 0.1) is 0 Å². The van der Waals surface area contributed by atoms with Crippen molar-refractivity contribution in [1.29, 1.82) is 0 Å². The molecule has 1 nitrogen and oxygen atoms in total. The minimum atomic E-state index is 0.558. The Labute approximate surface area is 102 Å². The first-order valence-corrected chi connectivity index (χ1v) is 6.67. The van der Waals surface area contributed by atoms with Crippen LogP contribution in [0, 0.1) is 5.92 Å². The van der Waals surface area contributed by atoms with Gasteiger partial charge in [-0.05, 0) is 73.2 Å². The van der Waals surface area contributed by atoms with E-state index in [1.54, 1.807) is 0 Å². The Morgan fingerprint density at radius 1 is 1.12 bits per heavy atom. The summed E-state index contributed by atoms with van der Waals surface area (Å²) in [6, 6.07) is 6.39. The summed E-state index contributed by atoms with van der Waals surface area (Å²) >= 11 is 6.13. The lowest BCUT2D eigenvalue weighted by atomic mass is 9.75. The van der Waals surface area contributed by atoms with Crippen LogP contribution in [-0.4, -0.2) is 6.54 Å². The molecule has 1 fully saturated rings. The summed E-state index contributed by atoms with van der Waals surface area (Å²) in [4.78, 5) is 0. The Bertz CT molecular complexity index is 398. The van der Waals surface area contributed by atoms with E-state index in [0.717, 1.165) is 23.4 Å². The van der Waals surface area contributed by atoms with E-state index in [1.807, 2.05) is 6.07 Å². The molecule has 16 heavy (non-hydrogen) atoms. The Hall–Kier alpha value is -0.530. The summed E-state index contributed by atoms with van der Waals surface area (Å²) in [7, 11) is 0. The van der Waals surface area contributed by atoms with E-state index in [9.17, 15) is 0 Å². The van der Waals surface area contributed by atoms with E-state index < -0.39 is 0 Å². The van der Waals surface area contributed by atoms with Crippen LogP contribution in [0.1, 0.15) is 48.6 Å². The molecule has 2 aliphatic carbocycles. The zero-order valence-electron chi connectivity index (χ0n) is 9.45. The van der Waals surface area contributed by atoms with E-state index in [-0.39, 0.29) is 0 Å². The zero-order valence-corrected chi connectivity index (χ0v) is 10.2. The molecular formula is C14H18ClN. The molecule has 0 aromatic heterocycles. The highest BCUT2D eigenvalue weighted by Gasteiger charge is 2.37. The monoisotopic (exact) mass is 235 g/mol. The maximum Gasteiger partial charge on any atom is 0.0409 e. The first-order chi connectivity index (χ1) is 7.79. The van der Waals surface area contributed by atoms with Crippen LogP contribution in [0.15, 0.2) is 18.2 Å². The van der Waals surface area contributed by atoms with Gasteiger partial charge in [-0.2, -0.15) is 0 Å². The summed E-state index contributed by atoms with van der Waals surface area (Å²) in [6.45, 7) is 0.770. The minimum absolute atomic E-state index is 0.558. The normalized spacial score (nSPS) is 28.9. The highest BCUT2D eigenvalue weighted by atomic mass is 35.5. The average molecular weight is 236 g/mol. The quantitative estimate of drug-likeness (QED) is 0.832. The third-order valence-electron chi connectivity index (χ3n) is 4.19. The second kappa shape index (κ2) is 4.05. The van der Waals surface area contributed by atoms with Gasteiger partial charge in [0, 0.05) is 5.02 Å². The van der Waals surface area contributed by atoms with E-state index >= 15 is 0 Å². The second-order valence-electron chi connectivity index (χ2n) is 5.23. The molecule has 0 bridgehead atoms. The molecule has 86 valence electrons. The second-order valence-corrected chi connectivity index (χ2v) is 5.66. The van der Waals surface area contributed by atoms with Crippen LogP contribution in [0.3, 0.4) is 0 Å². The van der Waals surface area contributed by atoms with Gasteiger partial charge in [-0.25, -0.2) is 0 Å². The van der Waals surface area contributed by atoms with Crippen LogP contribution < -0.4 is 5.73 Å². The van der Waals surface area contributed by atoms with Crippen molar-refractivity contribution in [1.82, 2.24) is 0 Å². The van der Waals surface area contributed by atoms with Gasteiger partial charge in [-0.1, -0.05) is 17.7 Å². The predicted molar refractivity (Wildman–Crippen MR) is 67.9 cm³/mol. The Balaban J connectivity index is 2.02. The summed E-state index contributed by atoms with van der Waals surface area (Å²) in [6.07, 6.45) is 5.37. The third kappa shape index (κ3) is 1.76. The lowest BCUT2D eigenvalue weighted by molar-refractivity contribution is 0.454. The van der Waals surface area contributed by atoms with Crippen molar-refractivity contribution < 1.29 is 0 Å². The molecule has 3 rings (SSSR count). The first-order valence-electron chi connectivity index (χ1n) is 6.29. The standard InChI is InChI=1S/C14H18ClN/c15-11-4-6-13-10(8-16)3-5-12(9-1-2-9)14(13)7-11/h4,6-7,9-10,12H,1-3,5,8,16H2. The fourth-order valence-electron chi connectivity index (χ4n) is 3.16. The molecule has 1 aromatic carbocycles. The maximum atomic E-state index is 6.13. The summed E-state index contributed by atoms with van der Waals surface area (Å²) < 4.78 is 0. The van der Waals surface area contributed by atoms with Gasteiger partial charge >= 0.3 is 0 Å². The van der Waals surface area contributed by atoms with Crippen molar-refractivity contribution in [3.05, 3.63) is 34.3 Å². The molecule has 1 saturated carbocycles. The van der Waals surface area contributed by atoms with Gasteiger partial charge in [0.1, 0.15) is 0 Å². The molecule has 2 N–H and O–H groups in total. The van der Waals surface area contributed by atoms with Crippen molar-refractivity contribution in [2.45, 2.75) is 37.5 Å². The number of hydrogen-bond donors (Lipinski definition) is 1. The molecule has 0 amide bonds. The Kier molecular flexibility index (Phi) is 2.68. The van der Waals surface area contributed by atoms with E-state index in [1.165, 1.54) is 36.8 Å². The molecule has 0 spiro atoms. The van der Waals surface area contributed by atoms with Gasteiger partial charge in [0.25, 0.3) is 0 Å². The number of benzene rings is 1. The van der Waals surface area contributed by atoms with Crippen molar-refractivity contribution in [2.24, 2.45) is 11.7 Å². The van der Waals surface area contributed by atoms with Gasteiger partial charge in [0.15, 0.2) is 0 Å². The van der Waals surface area contributed by atoms with Crippen molar-refractivity contribution >= 4 is 11.6 Å². The van der Waals surface area contributed by atoms with Crippen molar-refractivity contribution in [3.63, 3.8) is 0 Å². The fourth-order valence-corrected chi connectivity index (χ4v) is 3.34. The Morgan fingerprint density at radius 3 is 2.62 bits per heavy atom. The maximum absolute atomic E-state index is 6.13. The third-order valence-corrected chi connectivity index (χ3v) is 4.42. The molecule has 0 heterocycles. The topological polar surface area (TPSA) is 26.0 Å². The van der Waals surface area contributed by atoms with Crippen LogP contribution in [-0.2, 0) is 0 Å². The molecule has 0 saturated heterocycles. The van der Waals surface area contributed by atoms with Crippen molar-refractivity contribution in [3.8, 4) is 0 Å². The van der Waals surface area contributed by atoms with Crippen molar-refractivity contribution in [2.75, 3.05) is 6.54 Å². The van der Waals surface area contributed by atoms with Crippen LogP contribution in [0.5, 0.6) is 0 Å². The molecule has 2 heteroatoms. The largest absolute Gasteiger partial charge is 0.330 e. The van der Waals surface area contributed by atoms with Gasteiger partial charge in [0.2, 0.25) is 0 Å². The summed E-state index contributed by atoms with van der Waals surface area (Å²) in [5.74, 6) is 2.25. The van der Waals surface area contributed by atoms with E-state index in [2.05, 4.69) is 12.1 Å². The average Bonchev–Trinajstić information content (AvgIpc) is 3.11. The lowest BCUT2D eigenvalue weighted by Gasteiger charge is -2.31. The molecule has 1 aromatic rings. The molecule has 2 unspecified atom stereocenters. The number of nitrogens with two attached hydrogens (primary N) is 1. The van der Waals surface area contributed by atoms with Gasteiger partial charge < -0.3 is 5.73 Å². The fraction of sp³-hybridized carbons (Fsp3) is 0.571. The number of rotatable bonds is 2. The number of fused-ring (bicyclic) bond motifs is 1. The molecule has 0 aliphatic heterocycles. The molecule has 2 aliphatic rings. The number of hydrogen-bond acceptors (Lipinski definition) is 1. The van der Waals surface area contributed by atoms with Gasteiger partial charge in [-0.3, -0.25) is 0 Å². The SMILES string of the molecule is NCC1CCC(C2CC2)c2cc(Cl)ccc21. The molecule has 0 radical (unpaired) electrons. The number of halogens is 1. The lowest BCUT2D eigenvalue weighted by Crippen LogP contribution is -2.21. The zero-order chi connectivity index (χ0) is 11.1. The van der Waals surface area contributed by atoms with Gasteiger partial charge in [-0.15, -0.1) is 0 Å². The first kappa shape index (κ1) is 10.6. The van der Waals surface area contributed by atoms with Crippen LogP contribution in [0.4, 0.5) is 0 Å². The molecular weight excluding hydrogens is 218 g/mol. The highest BCUT2D eigenvalue weighted by Crippen LogP contribution is 2.50. The van der Waals surface area contributed by atoms with E-state index in [0.29, 0.717) is 5.92 Å². The van der Waals surface area contributed by atoms with Crippen LogP contribution >= 0.6 is 11.6 Å². The Morgan fingerprint density at radius 2 is 1.94 bits per heavy atom. The smallest absolute Gasteiger partial charge is 0.0409 e. The summed E-state index contributed by atoms with van der Waals surface area (Å²) in [5, 5.41) is 0.877. The van der Waals surface area contributed by atoms with E-state index in [4.69, 9.17) is 17.3 Å². The highest BCUT2D eigenvalue weighted by molar-refractivity contribution is 6.30. The van der Waals surface area contributed by atoms with Crippen LogP contribution in [0.25, 0.3) is 0 Å².